The third-order valence-electron chi connectivity index (χ3n) is 5.55. The van der Waals surface area contributed by atoms with Crippen LogP contribution in [0.1, 0.15) is 17.3 Å². The van der Waals surface area contributed by atoms with Crippen molar-refractivity contribution in [3.8, 4) is 11.3 Å². The average Bonchev–Trinajstić information content (AvgIpc) is 3.13. The maximum Gasteiger partial charge on any atom is 0.260 e. The van der Waals surface area contributed by atoms with Crippen molar-refractivity contribution in [3.05, 3.63) is 99.8 Å². The van der Waals surface area contributed by atoms with Crippen molar-refractivity contribution in [2.24, 2.45) is 0 Å². The number of amides is 1. The first-order chi connectivity index (χ1) is 16.4. The Morgan fingerprint density at radius 2 is 1.68 bits per heavy atom. The molecule has 3 aromatic carbocycles. The van der Waals surface area contributed by atoms with Crippen LogP contribution in [0.5, 0.6) is 0 Å². The molecule has 0 spiro atoms. The van der Waals surface area contributed by atoms with Crippen molar-refractivity contribution in [3.63, 3.8) is 0 Å². The van der Waals surface area contributed by atoms with E-state index in [2.05, 4.69) is 5.32 Å². The molecule has 0 atom stereocenters. The van der Waals surface area contributed by atoms with E-state index < -0.39 is 0 Å². The maximum absolute atomic E-state index is 13.1. The number of hydrogen-bond donors (Lipinski definition) is 1. The van der Waals surface area contributed by atoms with Gasteiger partial charge < -0.3 is 9.88 Å². The smallest absolute Gasteiger partial charge is 0.260 e. The van der Waals surface area contributed by atoms with Crippen molar-refractivity contribution in [1.82, 2.24) is 14.0 Å². The highest BCUT2D eigenvalue weighted by atomic mass is 35.5. The van der Waals surface area contributed by atoms with Crippen molar-refractivity contribution in [2.75, 3.05) is 5.32 Å². The van der Waals surface area contributed by atoms with Gasteiger partial charge in [0.25, 0.3) is 5.56 Å². The van der Waals surface area contributed by atoms with Gasteiger partial charge in [-0.3, -0.25) is 14.4 Å². The Balaban J connectivity index is 1.58. The SMILES string of the molecule is CC(=O)c1ccc(NC(=O)Cn2c3ccccc3n3c(=O)cc(-c4cccc(Cl)c4)nc23)cc1. The summed E-state index contributed by atoms with van der Waals surface area (Å²) in [7, 11) is 0. The van der Waals surface area contributed by atoms with Crippen LogP contribution in [0.15, 0.2) is 83.7 Å². The van der Waals surface area contributed by atoms with Crippen LogP contribution in [0.25, 0.3) is 28.1 Å². The monoisotopic (exact) mass is 470 g/mol. The lowest BCUT2D eigenvalue weighted by atomic mass is 10.1. The minimum absolute atomic E-state index is 0.0461. The molecular formula is C26H19ClN4O3. The number of anilines is 1. The largest absolute Gasteiger partial charge is 0.325 e. The second kappa shape index (κ2) is 8.61. The lowest BCUT2D eigenvalue weighted by Gasteiger charge is -2.09. The molecule has 5 aromatic rings. The Kier molecular flexibility index (Phi) is 5.47. The van der Waals surface area contributed by atoms with E-state index in [0.717, 1.165) is 0 Å². The molecule has 0 aliphatic carbocycles. The van der Waals surface area contributed by atoms with Crippen molar-refractivity contribution in [1.29, 1.82) is 0 Å². The summed E-state index contributed by atoms with van der Waals surface area (Å²) < 4.78 is 3.21. The highest BCUT2D eigenvalue weighted by Gasteiger charge is 2.17. The maximum atomic E-state index is 13.1. The molecule has 0 aliphatic rings. The fraction of sp³-hybridized carbons (Fsp3) is 0.0769. The number of carbonyl (C=O) groups is 2. The highest BCUT2D eigenvalue weighted by Crippen LogP contribution is 2.24. The molecule has 5 rings (SSSR count). The Labute approximate surface area is 199 Å². The summed E-state index contributed by atoms with van der Waals surface area (Å²) in [5, 5.41) is 3.38. The van der Waals surface area contributed by atoms with Crippen molar-refractivity contribution >= 4 is 45.8 Å². The second-order valence-electron chi connectivity index (χ2n) is 7.88. The standard InChI is InChI=1S/C26H19ClN4O3/c1-16(32)17-9-11-20(12-10-17)28-24(33)15-30-22-7-2-3-8-23(22)31-25(34)14-21(29-26(30)31)18-5-4-6-19(27)13-18/h2-14H,15H2,1H3,(H,28,33). The number of Topliss-reactive ketones (excluding diaryl/α,β-unsaturated/α-hetero) is 1. The minimum atomic E-state index is -0.291. The minimum Gasteiger partial charge on any atom is -0.325 e. The molecule has 8 heteroatoms. The zero-order valence-corrected chi connectivity index (χ0v) is 18.9. The molecule has 0 saturated heterocycles. The van der Waals surface area contributed by atoms with Crippen LogP contribution in [0.4, 0.5) is 5.69 Å². The predicted molar refractivity (Wildman–Crippen MR) is 132 cm³/mol. The zero-order valence-electron chi connectivity index (χ0n) is 18.2. The number of hydrogen-bond acceptors (Lipinski definition) is 4. The summed E-state index contributed by atoms with van der Waals surface area (Å²) in [6.07, 6.45) is 0. The van der Waals surface area contributed by atoms with Gasteiger partial charge in [-0.15, -0.1) is 0 Å². The van der Waals surface area contributed by atoms with Gasteiger partial charge in [0.15, 0.2) is 5.78 Å². The molecule has 0 saturated carbocycles. The van der Waals surface area contributed by atoms with E-state index in [0.29, 0.717) is 44.3 Å². The van der Waals surface area contributed by atoms with E-state index in [1.165, 1.54) is 17.4 Å². The molecule has 0 fully saturated rings. The fourth-order valence-electron chi connectivity index (χ4n) is 3.95. The number of imidazole rings is 1. The number of fused-ring (bicyclic) bond motifs is 3. The number of para-hydroxylation sites is 2. The van der Waals surface area contributed by atoms with Crippen LogP contribution in [-0.4, -0.2) is 25.6 Å². The Hall–Kier alpha value is -4.23. The van der Waals surface area contributed by atoms with E-state index in [9.17, 15) is 14.4 Å². The van der Waals surface area contributed by atoms with Gasteiger partial charge in [0.2, 0.25) is 11.7 Å². The van der Waals surface area contributed by atoms with Crippen LogP contribution in [0.3, 0.4) is 0 Å². The van der Waals surface area contributed by atoms with Crippen LogP contribution in [-0.2, 0) is 11.3 Å². The van der Waals surface area contributed by atoms with Gasteiger partial charge in [-0.1, -0.05) is 35.9 Å². The number of benzene rings is 3. The number of rotatable bonds is 5. The summed E-state index contributed by atoms with van der Waals surface area (Å²) in [5.41, 5.74) is 3.42. The van der Waals surface area contributed by atoms with Gasteiger partial charge in [-0.05, 0) is 55.5 Å². The highest BCUT2D eigenvalue weighted by molar-refractivity contribution is 6.30. The van der Waals surface area contributed by atoms with Gasteiger partial charge in [0, 0.05) is 27.9 Å². The van der Waals surface area contributed by atoms with Crippen LogP contribution in [0, 0.1) is 0 Å². The third kappa shape index (κ3) is 3.97. The van der Waals surface area contributed by atoms with Crippen molar-refractivity contribution < 1.29 is 9.59 Å². The van der Waals surface area contributed by atoms with Gasteiger partial charge >= 0.3 is 0 Å². The van der Waals surface area contributed by atoms with Crippen LogP contribution in [0.2, 0.25) is 5.02 Å². The number of halogens is 1. The van der Waals surface area contributed by atoms with E-state index in [1.807, 2.05) is 30.3 Å². The first-order valence-corrected chi connectivity index (χ1v) is 11.0. The first-order valence-electron chi connectivity index (χ1n) is 10.6. The summed E-state index contributed by atoms with van der Waals surface area (Å²) in [6, 6.07) is 22.6. The number of aromatic nitrogens is 3. The molecule has 2 heterocycles. The Bertz CT molecular complexity index is 1630. The third-order valence-corrected chi connectivity index (χ3v) is 5.79. The summed E-state index contributed by atoms with van der Waals surface area (Å²) in [6.45, 7) is 1.43. The van der Waals surface area contributed by atoms with Gasteiger partial charge in [-0.25, -0.2) is 9.38 Å². The Morgan fingerprint density at radius 3 is 2.38 bits per heavy atom. The van der Waals surface area contributed by atoms with E-state index in [-0.39, 0.29) is 23.8 Å². The first kappa shape index (κ1) is 21.6. The molecule has 0 radical (unpaired) electrons. The van der Waals surface area contributed by atoms with Crippen molar-refractivity contribution in [2.45, 2.75) is 13.5 Å². The van der Waals surface area contributed by atoms with Gasteiger partial charge in [0.1, 0.15) is 6.54 Å². The molecule has 0 unspecified atom stereocenters. The molecular weight excluding hydrogens is 452 g/mol. The molecule has 168 valence electrons. The van der Waals surface area contributed by atoms with E-state index >= 15 is 0 Å². The summed E-state index contributed by atoms with van der Waals surface area (Å²) in [5.74, 6) is 0.0159. The fourth-order valence-corrected chi connectivity index (χ4v) is 4.14. The molecule has 0 aliphatic heterocycles. The van der Waals surface area contributed by atoms with Gasteiger partial charge in [0.05, 0.1) is 16.7 Å². The number of nitrogens with one attached hydrogen (secondary N) is 1. The van der Waals surface area contributed by atoms with Crippen LogP contribution < -0.4 is 10.9 Å². The number of ketones is 1. The molecule has 34 heavy (non-hydrogen) atoms. The number of carbonyl (C=O) groups excluding carboxylic acids is 2. The lowest BCUT2D eigenvalue weighted by molar-refractivity contribution is -0.116. The van der Waals surface area contributed by atoms with E-state index in [4.69, 9.17) is 16.6 Å². The predicted octanol–water partition coefficient (Wildman–Crippen LogP) is 4.81. The quantitative estimate of drug-likeness (QED) is 0.373. The summed E-state index contributed by atoms with van der Waals surface area (Å²) >= 11 is 6.13. The molecule has 1 amide bonds. The summed E-state index contributed by atoms with van der Waals surface area (Å²) in [4.78, 5) is 42.2. The average molecular weight is 471 g/mol. The lowest BCUT2D eigenvalue weighted by Crippen LogP contribution is -2.20. The van der Waals surface area contributed by atoms with E-state index in [1.54, 1.807) is 47.0 Å². The topological polar surface area (TPSA) is 85.5 Å². The van der Waals surface area contributed by atoms with Crippen LogP contribution >= 0.6 is 11.6 Å². The molecule has 2 aromatic heterocycles. The Morgan fingerprint density at radius 1 is 0.941 bits per heavy atom. The second-order valence-corrected chi connectivity index (χ2v) is 8.32. The zero-order chi connectivity index (χ0) is 23.8. The normalized spacial score (nSPS) is 11.1. The molecule has 1 N–H and O–H groups in total. The number of nitrogens with zero attached hydrogens (tertiary/aromatic N) is 3. The molecule has 7 nitrogen and oxygen atoms in total. The van der Waals surface area contributed by atoms with Gasteiger partial charge in [-0.2, -0.15) is 0 Å². The molecule has 0 bridgehead atoms.